The first-order chi connectivity index (χ1) is 16.3. The fraction of sp³-hybridized carbons (Fsp3) is 0.200. The fourth-order valence-corrected chi connectivity index (χ4v) is 4.01. The largest absolute Gasteiger partial charge is 0.484 e. The van der Waals surface area contributed by atoms with E-state index in [1.165, 1.54) is 6.92 Å². The average Bonchev–Trinajstić information content (AvgIpc) is 3.26. The van der Waals surface area contributed by atoms with Crippen LogP contribution in [0, 0.1) is 0 Å². The highest BCUT2D eigenvalue weighted by molar-refractivity contribution is 6.08. The number of anilines is 4. The van der Waals surface area contributed by atoms with Crippen molar-refractivity contribution in [3.8, 4) is 5.75 Å². The van der Waals surface area contributed by atoms with Gasteiger partial charge in [-0.15, -0.1) is 0 Å². The molecule has 1 aliphatic rings. The summed E-state index contributed by atoms with van der Waals surface area (Å²) in [4.78, 5) is 31.4. The molecule has 5 rings (SSSR count). The molecule has 0 atom stereocenters. The summed E-state index contributed by atoms with van der Waals surface area (Å²) in [6.45, 7) is 5.81. The highest BCUT2D eigenvalue weighted by Gasteiger charge is 2.33. The van der Waals surface area contributed by atoms with Crippen LogP contribution in [0.15, 0.2) is 60.9 Å². The van der Waals surface area contributed by atoms with E-state index >= 15 is 0 Å². The lowest BCUT2D eigenvalue weighted by atomic mass is 10.0. The molecule has 4 aromatic rings. The highest BCUT2D eigenvalue weighted by atomic mass is 16.5. The number of ether oxygens (including phenoxy) is 1. The Hall–Kier alpha value is -4.40. The number of hydrogen-bond acceptors (Lipinski definition) is 6. The quantitative estimate of drug-likeness (QED) is 0.417. The Morgan fingerprint density at radius 3 is 2.76 bits per heavy atom. The topological polar surface area (TPSA) is 112 Å². The minimum Gasteiger partial charge on any atom is -0.484 e. The third kappa shape index (κ3) is 4.15. The van der Waals surface area contributed by atoms with Crippen LogP contribution in [0.25, 0.3) is 10.9 Å². The first-order valence-electron chi connectivity index (χ1n) is 10.9. The van der Waals surface area contributed by atoms with Gasteiger partial charge in [0, 0.05) is 29.9 Å². The van der Waals surface area contributed by atoms with Gasteiger partial charge in [0.2, 0.25) is 5.91 Å². The van der Waals surface area contributed by atoms with Crippen LogP contribution < -0.4 is 20.3 Å². The number of pyridine rings is 1. The summed E-state index contributed by atoms with van der Waals surface area (Å²) in [5.74, 6) is 0.605. The maximum atomic E-state index is 13.2. The molecule has 3 heterocycles. The van der Waals surface area contributed by atoms with Crippen LogP contribution in [0.3, 0.4) is 0 Å². The van der Waals surface area contributed by atoms with Crippen LogP contribution >= 0.6 is 0 Å². The van der Waals surface area contributed by atoms with Crippen LogP contribution in [0.5, 0.6) is 5.75 Å². The molecule has 9 heteroatoms. The Labute approximate surface area is 196 Å². The molecule has 9 nitrogen and oxygen atoms in total. The number of H-pyrrole nitrogens is 1. The highest BCUT2D eigenvalue weighted by Crippen LogP contribution is 2.39. The van der Waals surface area contributed by atoms with E-state index in [-0.39, 0.29) is 11.8 Å². The molecule has 0 spiro atoms. The van der Waals surface area contributed by atoms with Gasteiger partial charge in [0.15, 0.2) is 0 Å². The SMILES string of the molecule is CC(=O)N1CC(C)(C)Oc2ccc(NC(=O)c3cccnc3Nc3ccc4cn[nH]c4c3)cc21. The summed E-state index contributed by atoms with van der Waals surface area (Å²) >= 11 is 0. The second-order valence-electron chi connectivity index (χ2n) is 8.80. The van der Waals surface area contributed by atoms with E-state index in [0.717, 1.165) is 16.6 Å². The Morgan fingerprint density at radius 1 is 1.12 bits per heavy atom. The van der Waals surface area contributed by atoms with Crippen LogP contribution in [-0.4, -0.2) is 39.1 Å². The van der Waals surface area contributed by atoms with Gasteiger partial charge in [0.25, 0.3) is 5.91 Å². The number of benzene rings is 2. The number of rotatable bonds is 4. The molecule has 0 fully saturated rings. The van der Waals surface area contributed by atoms with Crippen molar-refractivity contribution in [2.75, 3.05) is 22.1 Å². The van der Waals surface area contributed by atoms with E-state index in [1.54, 1.807) is 47.6 Å². The smallest absolute Gasteiger partial charge is 0.259 e. The Kier molecular flexibility index (Phi) is 5.16. The van der Waals surface area contributed by atoms with Gasteiger partial charge < -0.3 is 20.3 Å². The number of fused-ring (bicyclic) bond motifs is 2. The monoisotopic (exact) mass is 456 g/mol. The van der Waals surface area contributed by atoms with E-state index in [0.29, 0.717) is 35.1 Å². The van der Waals surface area contributed by atoms with Crippen molar-refractivity contribution in [3.05, 3.63) is 66.5 Å². The van der Waals surface area contributed by atoms with Gasteiger partial charge in [-0.05, 0) is 62.4 Å². The van der Waals surface area contributed by atoms with Crippen LogP contribution in [0.4, 0.5) is 22.9 Å². The van der Waals surface area contributed by atoms with Crippen molar-refractivity contribution in [1.29, 1.82) is 0 Å². The lowest BCUT2D eigenvalue weighted by Crippen LogP contribution is -2.48. The van der Waals surface area contributed by atoms with Gasteiger partial charge in [-0.1, -0.05) is 0 Å². The van der Waals surface area contributed by atoms with Gasteiger partial charge in [-0.25, -0.2) is 4.98 Å². The van der Waals surface area contributed by atoms with Gasteiger partial charge in [0.05, 0.1) is 29.5 Å². The summed E-state index contributed by atoms with van der Waals surface area (Å²) in [5, 5.41) is 14.1. The Bertz CT molecular complexity index is 1410. The molecule has 0 bridgehead atoms. The molecule has 0 radical (unpaired) electrons. The van der Waals surface area contributed by atoms with Crippen LogP contribution in [-0.2, 0) is 4.79 Å². The Balaban J connectivity index is 1.40. The minimum atomic E-state index is -0.501. The van der Waals surface area contributed by atoms with Crippen molar-refractivity contribution in [3.63, 3.8) is 0 Å². The molecule has 0 saturated carbocycles. The zero-order valence-corrected chi connectivity index (χ0v) is 19.0. The van der Waals surface area contributed by atoms with Gasteiger partial charge in [-0.2, -0.15) is 5.10 Å². The molecule has 34 heavy (non-hydrogen) atoms. The Morgan fingerprint density at radius 2 is 1.94 bits per heavy atom. The van der Waals surface area contributed by atoms with E-state index < -0.39 is 5.60 Å². The molecule has 3 N–H and O–H groups in total. The van der Waals surface area contributed by atoms with Gasteiger partial charge in [0.1, 0.15) is 17.2 Å². The second kappa shape index (κ2) is 8.18. The first-order valence-corrected chi connectivity index (χ1v) is 10.9. The van der Waals surface area contributed by atoms with Crippen LogP contribution in [0.2, 0.25) is 0 Å². The molecular weight excluding hydrogens is 432 g/mol. The summed E-state index contributed by atoms with van der Waals surface area (Å²) in [6.07, 6.45) is 3.37. The van der Waals surface area contributed by atoms with E-state index in [2.05, 4.69) is 25.8 Å². The van der Waals surface area contributed by atoms with Crippen molar-refractivity contribution >= 4 is 45.6 Å². The molecule has 172 valence electrons. The molecule has 2 aromatic carbocycles. The average molecular weight is 457 g/mol. The maximum absolute atomic E-state index is 13.2. The van der Waals surface area contributed by atoms with Crippen molar-refractivity contribution in [1.82, 2.24) is 15.2 Å². The molecule has 0 saturated heterocycles. The summed E-state index contributed by atoms with van der Waals surface area (Å²) < 4.78 is 6.02. The molecule has 1 aliphatic heterocycles. The predicted octanol–water partition coefficient (Wildman–Crippen LogP) is 4.48. The summed E-state index contributed by atoms with van der Waals surface area (Å²) in [7, 11) is 0. The normalized spacial score (nSPS) is 14.3. The van der Waals surface area contributed by atoms with Crippen molar-refractivity contribution in [2.45, 2.75) is 26.4 Å². The molecule has 2 aromatic heterocycles. The summed E-state index contributed by atoms with van der Waals surface area (Å²) in [6, 6.07) is 14.4. The zero-order chi connectivity index (χ0) is 23.9. The second-order valence-corrected chi connectivity index (χ2v) is 8.80. The van der Waals surface area contributed by atoms with E-state index in [1.807, 2.05) is 32.0 Å². The number of carbonyl (C=O) groups is 2. The number of amides is 2. The lowest BCUT2D eigenvalue weighted by molar-refractivity contribution is -0.117. The van der Waals surface area contributed by atoms with E-state index in [4.69, 9.17) is 4.74 Å². The maximum Gasteiger partial charge on any atom is 0.259 e. The zero-order valence-electron chi connectivity index (χ0n) is 19.0. The number of aromatic amines is 1. The number of nitrogens with zero attached hydrogens (tertiary/aromatic N) is 3. The number of carbonyl (C=O) groups excluding carboxylic acids is 2. The minimum absolute atomic E-state index is 0.0888. The molecule has 2 amide bonds. The fourth-order valence-electron chi connectivity index (χ4n) is 4.01. The summed E-state index contributed by atoms with van der Waals surface area (Å²) in [5.41, 5.74) is 2.70. The first kappa shape index (κ1) is 21.4. The van der Waals surface area contributed by atoms with E-state index in [9.17, 15) is 9.59 Å². The third-order valence-corrected chi connectivity index (χ3v) is 5.57. The number of hydrogen-bond donors (Lipinski definition) is 3. The number of aromatic nitrogens is 3. The van der Waals surface area contributed by atoms with Gasteiger partial charge in [-0.3, -0.25) is 14.7 Å². The predicted molar refractivity (Wildman–Crippen MR) is 131 cm³/mol. The van der Waals surface area contributed by atoms with Crippen molar-refractivity contribution < 1.29 is 14.3 Å². The third-order valence-electron chi connectivity index (χ3n) is 5.57. The molecule has 0 aliphatic carbocycles. The van der Waals surface area contributed by atoms with Crippen LogP contribution in [0.1, 0.15) is 31.1 Å². The molecule has 0 unspecified atom stereocenters. The standard InChI is InChI=1S/C25H24N6O3/c1-15(32)31-14-25(2,3)34-22-9-8-18(12-21(22)31)29-24(33)19-5-4-10-26-23(19)28-17-7-6-16-13-27-30-20(16)11-17/h4-13H,14H2,1-3H3,(H,26,28)(H,27,30)(H,29,33). The van der Waals surface area contributed by atoms with Gasteiger partial charge >= 0.3 is 0 Å². The number of nitrogens with one attached hydrogen (secondary N) is 3. The molecular formula is C25H24N6O3. The lowest BCUT2D eigenvalue weighted by Gasteiger charge is -2.39. The van der Waals surface area contributed by atoms with Crippen molar-refractivity contribution in [2.24, 2.45) is 0 Å².